The molecule has 1 amide bonds. The Kier molecular flexibility index (Phi) is 6.18. The van der Waals surface area contributed by atoms with Crippen LogP contribution in [0.25, 0.3) is 0 Å². The van der Waals surface area contributed by atoms with E-state index >= 15 is 4.39 Å². The highest BCUT2D eigenvalue weighted by Crippen LogP contribution is 2.46. The minimum absolute atomic E-state index is 0.0284. The van der Waals surface area contributed by atoms with Crippen molar-refractivity contribution >= 4 is 38.9 Å². The van der Waals surface area contributed by atoms with Crippen molar-refractivity contribution in [3.05, 3.63) is 52.2 Å². The molecule has 2 aliphatic heterocycles. The van der Waals surface area contributed by atoms with Crippen LogP contribution in [0.2, 0.25) is 5.02 Å². The molecule has 2 aromatic rings. The SMILES string of the molecule is Cc1cc(Cl)cnc1C(=O)Nc1ccc(F)c([C@@]2(C)N=C(N)C(C)(C)[S@@]3(=O)=NCCCC[C@@H]23)n1. The third-order valence-electron chi connectivity index (χ3n) is 6.70. The molecule has 182 valence electrons. The fourth-order valence-electron chi connectivity index (χ4n) is 4.63. The molecule has 0 spiro atoms. The number of nitrogens with two attached hydrogens (primary N) is 1. The van der Waals surface area contributed by atoms with Gasteiger partial charge in [0.05, 0.1) is 20.0 Å². The first-order chi connectivity index (χ1) is 15.9. The molecule has 3 N–H and O–H groups in total. The van der Waals surface area contributed by atoms with Crippen LogP contribution in [0.4, 0.5) is 10.2 Å². The summed E-state index contributed by atoms with van der Waals surface area (Å²) in [6.45, 7) is 7.42. The lowest BCUT2D eigenvalue weighted by Gasteiger charge is -2.45. The normalized spacial score (nSPS) is 28.2. The first kappa shape index (κ1) is 24.5. The van der Waals surface area contributed by atoms with E-state index in [0.29, 0.717) is 23.6 Å². The number of carbonyl (C=O) groups excluding carboxylic acids is 1. The van der Waals surface area contributed by atoms with Crippen LogP contribution >= 0.6 is 11.6 Å². The molecule has 3 atom stereocenters. The molecule has 4 heterocycles. The quantitative estimate of drug-likeness (QED) is 0.645. The smallest absolute Gasteiger partial charge is 0.275 e. The van der Waals surface area contributed by atoms with Crippen LogP contribution in [-0.4, -0.2) is 42.5 Å². The Hall–Kier alpha value is -2.59. The van der Waals surface area contributed by atoms with Crippen LogP contribution < -0.4 is 11.1 Å². The standard InChI is InChI=1S/C23H28ClFN6O2S/c1-13-11-14(24)12-27-18(13)20(32)30-17-9-8-15(25)19(29-17)23(4)16-7-5-6-10-28-34(16,33)22(2,3)21(26)31-23/h8-9,11-12,16H,5-7,10H2,1-4H3,(H2,26,31)(H,29,30,32)/t16-,23-,34+/m0/s1. The molecule has 2 aliphatic rings. The van der Waals surface area contributed by atoms with E-state index < -0.39 is 37.0 Å². The molecular weight excluding hydrogens is 479 g/mol. The zero-order valence-corrected chi connectivity index (χ0v) is 21.1. The van der Waals surface area contributed by atoms with Crippen molar-refractivity contribution in [3.8, 4) is 0 Å². The summed E-state index contributed by atoms with van der Waals surface area (Å²) in [5.74, 6) is -0.859. The van der Waals surface area contributed by atoms with Crippen LogP contribution in [0.1, 0.15) is 61.8 Å². The van der Waals surface area contributed by atoms with Gasteiger partial charge >= 0.3 is 0 Å². The number of hydrogen-bond donors (Lipinski definition) is 2. The number of nitrogens with one attached hydrogen (secondary N) is 1. The maximum absolute atomic E-state index is 15.2. The fourth-order valence-corrected chi connectivity index (χ4v) is 8.08. The Bertz CT molecular complexity index is 1320. The largest absolute Gasteiger partial charge is 0.386 e. The zero-order valence-electron chi connectivity index (χ0n) is 19.6. The average molecular weight is 507 g/mol. The molecule has 8 nitrogen and oxygen atoms in total. The summed E-state index contributed by atoms with van der Waals surface area (Å²) < 4.78 is 33.2. The summed E-state index contributed by atoms with van der Waals surface area (Å²) in [6, 6.07) is 4.20. The summed E-state index contributed by atoms with van der Waals surface area (Å²) in [4.78, 5) is 26.0. The van der Waals surface area contributed by atoms with Gasteiger partial charge in [-0.2, -0.15) is 0 Å². The van der Waals surface area contributed by atoms with Crippen LogP contribution in [-0.2, 0) is 15.3 Å². The van der Waals surface area contributed by atoms with Crippen LogP contribution in [0.5, 0.6) is 0 Å². The molecule has 0 saturated carbocycles. The molecule has 0 aromatic carbocycles. The molecule has 11 heteroatoms. The number of aryl methyl sites for hydroxylation is 1. The first-order valence-corrected chi connectivity index (χ1v) is 13.0. The number of hydrogen-bond acceptors (Lipinski definition) is 7. The Morgan fingerprint density at radius 1 is 1.29 bits per heavy atom. The second-order valence-electron chi connectivity index (χ2n) is 9.36. The Morgan fingerprint density at radius 2 is 2.03 bits per heavy atom. The Morgan fingerprint density at radius 3 is 2.74 bits per heavy atom. The predicted octanol–water partition coefficient (Wildman–Crippen LogP) is 4.21. The van der Waals surface area contributed by atoms with Crippen molar-refractivity contribution in [1.29, 1.82) is 0 Å². The fraction of sp³-hybridized carbons (Fsp3) is 0.478. The lowest BCUT2D eigenvalue weighted by Crippen LogP contribution is -2.59. The van der Waals surface area contributed by atoms with Gasteiger partial charge in [0.25, 0.3) is 5.91 Å². The van der Waals surface area contributed by atoms with Gasteiger partial charge in [0.1, 0.15) is 39.1 Å². The van der Waals surface area contributed by atoms with Crippen molar-refractivity contribution in [3.63, 3.8) is 0 Å². The topological polar surface area (TPSA) is 123 Å². The lowest BCUT2D eigenvalue weighted by atomic mass is 9.88. The van der Waals surface area contributed by atoms with Crippen molar-refractivity contribution < 1.29 is 13.4 Å². The highest BCUT2D eigenvalue weighted by molar-refractivity contribution is 7.96. The third-order valence-corrected chi connectivity index (χ3v) is 10.6. The van der Waals surface area contributed by atoms with Crippen LogP contribution in [0.3, 0.4) is 0 Å². The first-order valence-electron chi connectivity index (χ1n) is 11.1. The summed E-state index contributed by atoms with van der Waals surface area (Å²) in [7, 11) is -2.90. The van der Waals surface area contributed by atoms with E-state index in [-0.39, 0.29) is 23.0 Å². The van der Waals surface area contributed by atoms with Gasteiger partial charge in [-0.15, -0.1) is 0 Å². The van der Waals surface area contributed by atoms with Crippen molar-refractivity contribution in [1.82, 2.24) is 9.97 Å². The number of amides is 1. The zero-order chi connectivity index (χ0) is 24.9. The van der Waals surface area contributed by atoms with Crippen molar-refractivity contribution in [2.45, 2.75) is 62.5 Å². The molecular formula is C23H28ClFN6O2S. The maximum atomic E-state index is 15.2. The Labute approximate surface area is 203 Å². The number of anilines is 1. The van der Waals surface area contributed by atoms with Gasteiger partial charge in [-0.25, -0.2) is 22.9 Å². The highest BCUT2D eigenvalue weighted by Gasteiger charge is 2.56. The molecule has 0 aliphatic carbocycles. The number of pyridine rings is 2. The van der Waals surface area contributed by atoms with E-state index in [4.69, 9.17) is 17.3 Å². The van der Waals surface area contributed by atoms with Gasteiger partial charge < -0.3 is 11.1 Å². The third kappa shape index (κ3) is 3.86. The van der Waals surface area contributed by atoms with Gasteiger partial charge in [0.15, 0.2) is 0 Å². The van der Waals surface area contributed by atoms with Gasteiger partial charge in [-0.1, -0.05) is 18.0 Å². The van der Waals surface area contributed by atoms with E-state index in [1.807, 2.05) is 0 Å². The van der Waals surface area contributed by atoms with E-state index in [9.17, 15) is 9.00 Å². The number of nitrogens with zero attached hydrogens (tertiary/aromatic N) is 4. The van der Waals surface area contributed by atoms with Crippen LogP contribution in [0.15, 0.2) is 33.8 Å². The van der Waals surface area contributed by atoms with Crippen molar-refractivity contribution in [2.75, 3.05) is 11.9 Å². The number of amidine groups is 1. The molecule has 0 fully saturated rings. The number of aromatic nitrogens is 2. The number of halogens is 2. The molecule has 34 heavy (non-hydrogen) atoms. The summed E-state index contributed by atoms with van der Waals surface area (Å²) >= 11 is 5.93. The number of rotatable bonds is 3. The van der Waals surface area contributed by atoms with Crippen LogP contribution in [0, 0.1) is 12.7 Å². The van der Waals surface area contributed by atoms with E-state index in [1.165, 1.54) is 18.3 Å². The summed E-state index contributed by atoms with van der Waals surface area (Å²) in [5, 5.41) is 2.50. The van der Waals surface area contributed by atoms with Gasteiger partial charge in [0, 0.05) is 12.7 Å². The minimum Gasteiger partial charge on any atom is -0.386 e. The van der Waals surface area contributed by atoms with E-state index in [2.05, 4.69) is 24.6 Å². The molecule has 0 bridgehead atoms. The monoisotopic (exact) mass is 506 g/mol. The predicted molar refractivity (Wildman–Crippen MR) is 132 cm³/mol. The lowest BCUT2D eigenvalue weighted by molar-refractivity contribution is 0.102. The van der Waals surface area contributed by atoms with Gasteiger partial charge in [-0.3, -0.25) is 9.79 Å². The van der Waals surface area contributed by atoms with E-state index in [0.717, 1.165) is 12.8 Å². The summed E-state index contributed by atoms with van der Waals surface area (Å²) in [6.07, 6.45) is 3.50. The highest BCUT2D eigenvalue weighted by atomic mass is 35.5. The van der Waals surface area contributed by atoms with E-state index in [1.54, 1.807) is 33.8 Å². The molecule has 0 unspecified atom stereocenters. The second-order valence-corrected chi connectivity index (χ2v) is 12.8. The van der Waals surface area contributed by atoms with Gasteiger partial charge in [0.2, 0.25) is 0 Å². The molecule has 0 saturated heterocycles. The maximum Gasteiger partial charge on any atom is 0.275 e. The molecule has 0 radical (unpaired) electrons. The number of aliphatic imine (C=N–C) groups is 1. The molecule has 2 aromatic heterocycles. The average Bonchev–Trinajstić information content (AvgIpc) is 2.97. The van der Waals surface area contributed by atoms with Gasteiger partial charge in [-0.05, 0) is 64.3 Å². The molecule has 4 rings (SSSR count). The number of fused-ring (bicyclic) bond motifs is 1. The summed E-state index contributed by atoms with van der Waals surface area (Å²) in [5.41, 5.74) is 5.74. The second kappa shape index (κ2) is 8.57. The minimum atomic E-state index is -2.90. The number of carbonyl (C=O) groups is 1. The Balaban J connectivity index is 1.80. The van der Waals surface area contributed by atoms with Crippen molar-refractivity contribution in [2.24, 2.45) is 15.1 Å².